The molecule has 4 heteroatoms. The van der Waals surface area contributed by atoms with E-state index in [1.165, 1.54) is 0 Å². The highest BCUT2D eigenvalue weighted by Gasteiger charge is 2.38. The summed E-state index contributed by atoms with van der Waals surface area (Å²) in [6.07, 6.45) is 2.87. The summed E-state index contributed by atoms with van der Waals surface area (Å²) in [6.45, 7) is 5.79. The standard InChI is InChI=1S/C14H19NO2S/c1-9-4-6-18-13(9)14(16)15-5-3-11-7-10(2)17-12(11)8-15/h4,6,10-12H,3,5,7-8H2,1-2H3/t10-,11-,12+/m0/s1. The number of carbonyl (C=O) groups is 1. The Morgan fingerprint density at radius 3 is 3.11 bits per heavy atom. The van der Waals surface area contributed by atoms with E-state index in [-0.39, 0.29) is 12.0 Å². The first-order valence-electron chi connectivity index (χ1n) is 6.64. The monoisotopic (exact) mass is 265 g/mol. The van der Waals surface area contributed by atoms with Gasteiger partial charge in [0.05, 0.1) is 17.1 Å². The van der Waals surface area contributed by atoms with Crippen molar-refractivity contribution in [3.8, 4) is 0 Å². The largest absolute Gasteiger partial charge is 0.373 e. The first kappa shape index (κ1) is 12.2. The Hall–Kier alpha value is -0.870. The van der Waals surface area contributed by atoms with E-state index in [1.54, 1.807) is 11.3 Å². The van der Waals surface area contributed by atoms with Crippen molar-refractivity contribution in [3.05, 3.63) is 21.9 Å². The molecule has 1 aromatic heterocycles. The topological polar surface area (TPSA) is 29.5 Å². The van der Waals surface area contributed by atoms with Gasteiger partial charge in [-0.3, -0.25) is 4.79 Å². The van der Waals surface area contributed by atoms with Crippen molar-refractivity contribution < 1.29 is 9.53 Å². The van der Waals surface area contributed by atoms with E-state index in [4.69, 9.17) is 4.74 Å². The van der Waals surface area contributed by atoms with Crippen LogP contribution in [-0.4, -0.2) is 36.1 Å². The van der Waals surface area contributed by atoms with Crippen LogP contribution in [0, 0.1) is 12.8 Å². The van der Waals surface area contributed by atoms with Gasteiger partial charge in [-0.25, -0.2) is 0 Å². The van der Waals surface area contributed by atoms with E-state index in [0.29, 0.717) is 12.0 Å². The Balaban J connectivity index is 1.71. The lowest BCUT2D eigenvalue weighted by molar-refractivity contribution is 0.00170. The van der Waals surface area contributed by atoms with Gasteiger partial charge in [0.15, 0.2) is 0 Å². The second-order valence-electron chi connectivity index (χ2n) is 5.45. The predicted molar refractivity (Wildman–Crippen MR) is 72.0 cm³/mol. The van der Waals surface area contributed by atoms with Crippen LogP contribution in [0.4, 0.5) is 0 Å². The number of nitrogens with zero attached hydrogens (tertiary/aromatic N) is 1. The summed E-state index contributed by atoms with van der Waals surface area (Å²) in [5, 5.41) is 1.99. The van der Waals surface area contributed by atoms with E-state index in [0.717, 1.165) is 36.4 Å². The van der Waals surface area contributed by atoms with Crippen molar-refractivity contribution >= 4 is 17.2 Å². The third-order valence-corrected chi connectivity index (χ3v) is 5.09. The highest BCUT2D eigenvalue weighted by atomic mass is 32.1. The van der Waals surface area contributed by atoms with E-state index in [9.17, 15) is 4.79 Å². The summed E-state index contributed by atoms with van der Waals surface area (Å²) in [4.78, 5) is 15.3. The lowest BCUT2D eigenvalue weighted by Crippen LogP contribution is -2.45. The number of carbonyl (C=O) groups excluding carboxylic acids is 1. The summed E-state index contributed by atoms with van der Waals surface area (Å²) in [6, 6.07) is 2.01. The van der Waals surface area contributed by atoms with Gasteiger partial charge in [-0.05, 0) is 49.6 Å². The minimum absolute atomic E-state index is 0.184. The van der Waals surface area contributed by atoms with Crippen molar-refractivity contribution in [3.63, 3.8) is 0 Å². The molecule has 0 aromatic carbocycles. The molecule has 2 aliphatic heterocycles. The number of piperidine rings is 1. The molecule has 98 valence electrons. The smallest absolute Gasteiger partial charge is 0.264 e. The molecule has 2 fully saturated rings. The number of aryl methyl sites for hydroxylation is 1. The lowest BCUT2D eigenvalue weighted by Gasteiger charge is -2.34. The van der Waals surface area contributed by atoms with Gasteiger partial charge in [0.2, 0.25) is 0 Å². The van der Waals surface area contributed by atoms with Crippen LogP contribution in [0.2, 0.25) is 0 Å². The molecule has 0 N–H and O–H groups in total. The van der Waals surface area contributed by atoms with Gasteiger partial charge >= 0.3 is 0 Å². The molecule has 0 saturated carbocycles. The summed E-state index contributed by atoms with van der Waals surface area (Å²) in [7, 11) is 0. The average Bonchev–Trinajstić information content (AvgIpc) is 2.91. The number of ether oxygens (including phenoxy) is 1. The molecule has 2 aliphatic rings. The molecule has 1 amide bonds. The molecule has 0 aliphatic carbocycles. The molecule has 18 heavy (non-hydrogen) atoms. The van der Waals surface area contributed by atoms with Crippen LogP contribution in [0.3, 0.4) is 0 Å². The number of likely N-dealkylation sites (tertiary alicyclic amines) is 1. The van der Waals surface area contributed by atoms with Crippen LogP contribution >= 0.6 is 11.3 Å². The maximum atomic E-state index is 12.4. The van der Waals surface area contributed by atoms with Crippen LogP contribution in [-0.2, 0) is 4.74 Å². The number of rotatable bonds is 1. The summed E-state index contributed by atoms with van der Waals surface area (Å²) in [5.41, 5.74) is 1.09. The zero-order chi connectivity index (χ0) is 12.7. The zero-order valence-electron chi connectivity index (χ0n) is 10.9. The van der Waals surface area contributed by atoms with Gasteiger partial charge in [-0.1, -0.05) is 0 Å². The van der Waals surface area contributed by atoms with E-state index in [1.807, 2.05) is 23.3 Å². The lowest BCUT2D eigenvalue weighted by atomic mass is 9.92. The second kappa shape index (κ2) is 4.67. The maximum Gasteiger partial charge on any atom is 0.264 e. The summed E-state index contributed by atoms with van der Waals surface area (Å²) >= 11 is 1.55. The molecule has 3 nitrogen and oxygen atoms in total. The van der Waals surface area contributed by atoms with E-state index >= 15 is 0 Å². The molecule has 0 unspecified atom stereocenters. The Bertz CT molecular complexity index is 456. The number of hydrogen-bond acceptors (Lipinski definition) is 3. The van der Waals surface area contributed by atoms with Crippen LogP contribution in [0.15, 0.2) is 11.4 Å². The molecule has 0 radical (unpaired) electrons. The fourth-order valence-corrected chi connectivity index (χ4v) is 3.98. The highest BCUT2D eigenvalue weighted by molar-refractivity contribution is 7.12. The first-order valence-corrected chi connectivity index (χ1v) is 7.52. The van der Waals surface area contributed by atoms with Crippen molar-refractivity contribution in [2.45, 2.75) is 38.9 Å². The summed E-state index contributed by atoms with van der Waals surface area (Å²) in [5.74, 6) is 0.845. The van der Waals surface area contributed by atoms with Gasteiger partial charge in [0.1, 0.15) is 0 Å². The predicted octanol–water partition coefficient (Wildman–Crippen LogP) is 2.70. The van der Waals surface area contributed by atoms with Crippen molar-refractivity contribution in [1.29, 1.82) is 0 Å². The van der Waals surface area contributed by atoms with Crippen molar-refractivity contribution in [2.75, 3.05) is 13.1 Å². The maximum absolute atomic E-state index is 12.4. The summed E-state index contributed by atoms with van der Waals surface area (Å²) < 4.78 is 5.90. The third kappa shape index (κ3) is 2.08. The Morgan fingerprint density at radius 1 is 1.56 bits per heavy atom. The van der Waals surface area contributed by atoms with E-state index in [2.05, 4.69) is 6.92 Å². The Kier molecular flexibility index (Phi) is 3.16. The number of amides is 1. The van der Waals surface area contributed by atoms with Crippen LogP contribution in [0.5, 0.6) is 0 Å². The van der Waals surface area contributed by atoms with Crippen molar-refractivity contribution in [1.82, 2.24) is 4.90 Å². The fourth-order valence-electron chi connectivity index (χ4n) is 3.09. The van der Waals surface area contributed by atoms with Crippen molar-refractivity contribution in [2.24, 2.45) is 5.92 Å². The minimum Gasteiger partial charge on any atom is -0.373 e. The molecular formula is C14H19NO2S. The van der Waals surface area contributed by atoms with Crippen LogP contribution in [0.1, 0.15) is 35.0 Å². The average molecular weight is 265 g/mol. The minimum atomic E-state index is 0.184. The van der Waals surface area contributed by atoms with Gasteiger partial charge < -0.3 is 9.64 Å². The molecule has 3 atom stereocenters. The Morgan fingerprint density at radius 2 is 2.39 bits per heavy atom. The quantitative estimate of drug-likeness (QED) is 0.781. The number of fused-ring (bicyclic) bond motifs is 1. The highest BCUT2D eigenvalue weighted by Crippen LogP contribution is 2.33. The Labute approximate surface area is 112 Å². The SMILES string of the molecule is Cc1ccsc1C(=O)N1CC[C@H]2C[C@H](C)O[C@@H]2C1. The fraction of sp³-hybridized carbons (Fsp3) is 0.643. The number of hydrogen-bond donors (Lipinski definition) is 0. The van der Waals surface area contributed by atoms with Gasteiger partial charge in [0, 0.05) is 13.1 Å². The normalized spacial score (nSPS) is 31.4. The first-order chi connectivity index (χ1) is 8.65. The van der Waals surface area contributed by atoms with Gasteiger partial charge in [-0.2, -0.15) is 0 Å². The molecule has 0 bridgehead atoms. The molecular weight excluding hydrogens is 246 g/mol. The molecule has 1 aromatic rings. The van der Waals surface area contributed by atoms with Crippen LogP contribution < -0.4 is 0 Å². The molecule has 3 heterocycles. The second-order valence-corrected chi connectivity index (χ2v) is 6.37. The van der Waals surface area contributed by atoms with Gasteiger partial charge in [0.25, 0.3) is 5.91 Å². The molecule has 2 saturated heterocycles. The molecule has 3 rings (SSSR count). The third-order valence-electron chi connectivity index (χ3n) is 4.08. The molecule has 0 spiro atoms. The number of thiophene rings is 1. The zero-order valence-corrected chi connectivity index (χ0v) is 11.7. The van der Waals surface area contributed by atoms with Gasteiger partial charge in [-0.15, -0.1) is 11.3 Å². The van der Waals surface area contributed by atoms with Crippen LogP contribution in [0.25, 0.3) is 0 Å². The van der Waals surface area contributed by atoms with E-state index < -0.39 is 0 Å².